The quantitative estimate of drug-likeness (QED) is 0.806. The van der Waals surface area contributed by atoms with Crippen LogP contribution in [0, 0.1) is 5.82 Å². The summed E-state index contributed by atoms with van der Waals surface area (Å²) in [6, 6.07) is 7.96. The number of methoxy groups -OCH3 is 1. The average Bonchev–Trinajstić information content (AvgIpc) is 2.43. The largest absolute Gasteiger partial charge is 0.495 e. The van der Waals surface area contributed by atoms with Crippen LogP contribution >= 0.6 is 15.9 Å². The van der Waals surface area contributed by atoms with E-state index in [9.17, 15) is 12.8 Å². The van der Waals surface area contributed by atoms with Crippen LogP contribution in [-0.4, -0.2) is 15.5 Å². The predicted octanol–water partition coefficient (Wildman–Crippen LogP) is 2.98. The van der Waals surface area contributed by atoms with Gasteiger partial charge in [0.2, 0.25) is 0 Å². The Bertz CT molecular complexity index is 781. The molecule has 0 fully saturated rings. The summed E-state index contributed by atoms with van der Waals surface area (Å²) in [5.74, 6) is -0.447. The Hall–Kier alpha value is -1.80. The highest BCUT2D eigenvalue weighted by molar-refractivity contribution is 9.10. The molecule has 0 heterocycles. The van der Waals surface area contributed by atoms with Crippen LogP contribution in [0.25, 0.3) is 0 Å². The van der Waals surface area contributed by atoms with E-state index in [1.165, 1.54) is 37.4 Å². The van der Waals surface area contributed by atoms with Gasteiger partial charge in [0.15, 0.2) is 0 Å². The van der Waals surface area contributed by atoms with Gasteiger partial charge in [-0.2, -0.15) is 0 Å². The molecule has 2 aromatic carbocycles. The number of ether oxygens (including phenoxy) is 1. The summed E-state index contributed by atoms with van der Waals surface area (Å²) in [7, 11) is -2.57. The maximum absolute atomic E-state index is 13.6. The first-order chi connectivity index (χ1) is 9.83. The molecule has 0 atom stereocenters. The number of hydrogen-bond donors (Lipinski definition) is 2. The van der Waals surface area contributed by atoms with Gasteiger partial charge in [0.25, 0.3) is 10.0 Å². The molecule has 2 rings (SSSR count). The van der Waals surface area contributed by atoms with Gasteiger partial charge in [0.05, 0.1) is 23.4 Å². The van der Waals surface area contributed by atoms with Crippen LogP contribution < -0.4 is 15.2 Å². The van der Waals surface area contributed by atoms with E-state index in [1.54, 1.807) is 0 Å². The highest BCUT2D eigenvalue weighted by atomic mass is 79.9. The second-order valence-electron chi connectivity index (χ2n) is 4.13. The topological polar surface area (TPSA) is 81.4 Å². The second-order valence-corrected chi connectivity index (χ2v) is 6.73. The van der Waals surface area contributed by atoms with Gasteiger partial charge in [-0.1, -0.05) is 15.9 Å². The van der Waals surface area contributed by atoms with Crippen molar-refractivity contribution in [1.82, 2.24) is 0 Å². The zero-order valence-electron chi connectivity index (χ0n) is 10.9. The lowest BCUT2D eigenvalue weighted by atomic mass is 10.3. The third kappa shape index (κ3) is 3.45. The number of rotatable bonds is 4. The second kappa shape index (κ2) is 5.90. The Balaban J connectivity index is 2.41. The van der Waals surface area contributed by atoms with Gasteiger partial charge < -0.3 is 10.5 Å². The van der Waals surface area contributed by atoms with Gasteiger partial charge in [0.1, 0.15) is 11.6 Å². The molecule has 0 saturated heterocycles. The van der Waals surface area contributed by atoms with E-state index in [2.05, 4.69) is 20.7 Å². The minimum atomic E-state index is -3.95. The molecule has 0 bridgehead atoms. The van der Waals surface area contributed by atoms with Crippen molar-refractivity contribution in [1.29, 1.82) is 0 Å². The molecule has 0 aliphatic heterocycles. The van der Waals surface area contributed by atoms with E-state index >= 15 is 0 Å². The van der Waals surface area contributed by atoms with Gasteiger partial charge in [0, 0.05) is 10.5 Å². The van der Waals surface area contributed by atoms with Crippen LogP contribution in [0.4, 0.5) is 15.8 Å². The molecular weight excluding hydrogens is 363 g/mol. The summed E-state index contributed by atoms with van der Waals surface area (Å²) in [4.78, 5) is -0.0760. The molecule has 0 radical (unpaired) electrons. The fourth-order valence-corrected chi connectivity index (χ4v) is 3.07. The third-order valence-electron chi connectivity index (χ3n) is 2.69. The number of benzene rings is 2. The minimum absolute atomic E-state index is 0.0760. The maximum atomic E-state index is 13.6. The molecule has 0 saturated carbocycles. The normalized spacial score (nSPS) is 11.2. The Kier molecular flexibility index (Phi) is 4.38. The fourth-order valence-electron chi connectivity index (χ4n) is 1.64. The summed E-state index contributed by atoms with van der Waals surface area (Å²) in [5, 5.41) is 0. The van der Waals surface area contributed by atoms with E-state index in [4.69, 9.17) is 10.5 Å². The molecule has 112 valence electrons. The standard InChI is InChI=1S/C13H12BrFN2O3S/c1-20-13-7-9(3-5-11(13)16)21(18,19)17-12-6-8(14)2-4-10(12)15/h2-7,17H,16H2,1H3. The molecule has 0 aliphatic rings. The number of halogens is 2. The van der Waals surface area contributed by atoms with Gasteiger partial charge in [-0.3, -0.25) is 4.72 Å². The van der Waals surface area contributed by atoms with Crippen molar-refractivity contribution in [2.75, 3.05) is 17.6 Å². The molecule has 0 aromatic heterocycles. The molecule has 3 N–H and O–H groups in total. The lowest BCUT2D eigenvalue weighted by Crippen LogP contribution is -2.14. The maximum Gasteiger partial charge on any atom is 0.262 e. The molecule has 0 amide bonds. The van der Waals surface area contributed by atoms with Crippen molar-refractivity contribution < 1.29 is 17.5 Å². The first kappa shape index (κ1) is 15.6. The van der Waals surface area contributed by atoms with Crippen molar-refractivity contribution >= 4 is 37.3 Å². The monoisotopic (exact) mass is 374 g/mol. The highest BCUT2D eigenvalue weighted by Gasteiger charge is 2.18. The van der Waals surface area contributed by atoms with E-state index in [-0.39, 0.29) is 16.3 Å². The van der Waals surface area contributed by atoms with Gasteiger partial charge >= 0.3 is 0 Å². The lowest BCUT2D eigenvalue weighted by molar-refractivity contribution is 0.415. The first-order valence-electron chi connectivity index (χ1n) is 5.75. The molecule has 21 heavy (non-hydrogen) atoms. The summed E-state index contributed by atoms with van der Waals surface area (Å²) >= 11 is 3.15. The number of anilines is 2. The molecule has 8 heteroatoms. The Morgan fingerprint density at radius 1 is 1.24 bits per heavy atom. The number of nitrogens with two attached hydrogens (primary N) is 1. The average molecular weight is 375 g/mol. The van der Waals surface area contributed by atoms with Gasteiger partial charge in [-0.15, -0.1) is 0 Å². The Morgan fingerprint density at radius 3 is 2.62 bits per heavy atom. The fraction of sp³-hybridized carbons (Fsp3) is 0.0769. The highest BCUT2D eigenvalue weighted by Crippen LogP contribution is 2.27. The minimum Gasteiger partial charge on any atom is -0.495 e. The zero-order valence-corrected chi connectivity index (χ0v) is 13.3. The van der Waals surface area contributed by atoms with Crippen molar-refractivity contribution in [3.63, 3.8) is 0 Å². The van der Waals surface area contributed by atoms with E-state index in [0.717, 1.165) is 6.07 Å². The molecular formula is C13H12BrFN2O3S. The number of nitrogens with one attached hydrogen (secondary N) is 1. The molecule has 0 unspecified atom stereocenters. The van der Waals surface area contributed by atoms with Crippen molar-refractivity contribution in [3.05, 3.63) is 46.7 Å². The summed E-state index contributed by atoms with van der Waals surface area (Å²) in [6.07, 6.45) is 0. The van der Waals surface area contributed by atoms with Crippen LogP contribution in [-0.2, 0) is 10.0 Å². The lowest BCUT2D eigenvalue weighted by Gasteiger charge is -2.11. The van der Waals surface area contributed by atoms with Gasteiger partial charge in [-0.25, -0.2) is 12.8 Å². The number of hydrogen-bond acceptors (Lipinski definition) is 4. The third-order valence-corrected chi connectivity index (χ3v) is 4.54. The van der Waals surface area contributed by atoms with Crippen molar-refractivity contribution in [2.24, 2.45) is 0 Å². The van der Waals surface area contributed by atoms with Crippen LogP contribution in [0.15, 0.2) is 45.8 Å². The predicted molar refractivity (Wildman–Crippen MR) is 82.3 cm³/mol. The van der Waals surface area contributed by atoms with Crippen molar-refractivity contribution in [2.45, 2.75) is 4.90 Å². The summed E-state index contributed by atoms with van der Waals surface area (Å²) in [6.45, 7) is 0. The van der Waals surface area contributed by atoms with Gasteiger partial charge in [-0.05, 0) is 30.3 Å². The van der Waals surface area contributed by atoms with Crippen LogP contribution in [0.1, 0.15) is 0 Å². The van der Waals surface area contributed by atoms with Crippen molar-refractivity contribution in [3.8, 4) is 5.75 Å². The Labute approximate surface area is 130 Å². The van der Waals surface area contributed by atoms with E-state index in [1.807, 2.05) is 0 Å². The van der Waals surface area contributed by atoms with Crippen LogP contribution in [0.2, 0.25) is 0 Å². The molecule has 5 nitrogen and oxygen atoms in total. The molecule has 0 spiro atoms. The summed E-state index contributed by atoms with van der Waals surface area (Å²) in [5.41, 5.74) is 5.79. The zero-order chi connectivity index (χ0) is 15.6. The Morgan fingerprint density at radius 2 is 1.95 bits per heavy atom. The number of nitrogen functional groups attached to an aromatic ring is 1. The van der Waals surface area contributed by atoms with E-state index < -0.39 is 15.8 Å². The molecule has 2 aromatic rings. The summed E-state index contributed by atoms with van der Waals surface area (Å²) < 4.78 is 45.9. The van der Waals surface area contributed by atoms with Crippen LogP contribution in [0.5, 0.6) is 5.75 Å². The molecule has 0 aliphatic carbocycles. The smallest absolute Gasteiger partial charge is 0.262 e. The number of sulfonamides is 1. The SMILES string of the molecule is COc1cc(S(=O)(=O)Nc2cc(Br)ccc2F)ccc1N. The van der Waals surface area contributed by atoms with Crippen LogP contribution in [0.3, 0.4) is 0 Å². The van der Waals surface area contributed by atoms with E-state index in [0.29, 0.717) is 10.2 Å². The first-order valence-corrected chi connectivity index (χ1v) is 8.02.